The molecule has 2 N–H and O–H groups in total. The molecule has 4 rings (SSSR count). The fourth-order valence-electron chi connectivity index (χ4n) is 3.30. The SMILES string of the molecule is Cc1cc(-c2ncnc3[nH][c]cc23)ccc1[C@@H](C)NC(=O)c1nc(C(C)(C)C)no1. The van der Waals surface area contributed by atoms with Crippen LogP contribution in [0.4, 0.5) is 0 Å². The zero-order valence-corrected chi connectivity index (χ0v) is 17.6. The number of amides is 1. The van der Waals surface area contributed by atoms with Crippen molar-refractivity contribution in [2.45, 2.75) is 46.1 Å². The minimum absolute atomic E-state index is 0.0341. The molecule has 1 amide bonds. The second-order valence-electron chi connectivity index (χ2n) is 8.34. The Bertz CT molecular complexity index is 1220. The molecule has 1 radical (unpaired) electrons. The highest BCUT2D eigenvalue weighted by Gasteiger charge is 2.25. The van der Waals surface area contributed by atoms with Gasteiger partial charge in [0.15, 0.2) is 5.82 Å². The van der Waals surface area contributed by atoms with Crippen LogP contribution in [0.5, 0.6) is 0 Å². The van der Waals surface area contributed by atoms with Crippen LogP contribution in [0.1, 0.15) is 61.4 Å². The van der Waals surface area contributed by atoms with Gasteiger partial charge in [0.1, 0.15) is 12.0 Å². The van der Waals surface area contributed by atoms with Crippen molar-refractivity contribution >= 4 is 16.9 Å². The largest absolute Gasteiger partial charge is 0.341 e. The summed E-state index contributed by atoms with van der Waals surface area (Å²) in [6, 6.07) is 7.64. The molecule has 153 valence electrons. The number of aryl methyl sites for hydroxylation is 1. The van der Waals surface area contributed by atoms with Crippen LogP contribution in [0.15, 0.2) is 35.1 Å². The lowest BCUT2D eigenvalue weighted by molar-refractivity contribution is 0.0895. The molecular formula is C22H23N6O2. The summed E-state index contributed by atoms with van der Waals surface area (Å²) < 4.78 is 5.14. The molecule has 0 aliphatic carbocycles. The summed E-state index contributed by atoms with van der Waals surface area (Å²) in [6.45, 7) is 9.82. The maximum Gasteiger partial charge on any atom is 0.315 e. The number of rotatable bonds is 4. The topological polar surface area (TPSA) is 110 Å². The summed E-state index contributed by atoms with van der Waals surface area (Å²) in [7, 11) is 0. The Morgan fingerprint density at radius 3 is 2.77 bits per heavy atom. The average Bonchev–Trinajstić information content (AvgIpc) is 3.36. The molecule has 0 aliphatic heterocycles. The molecule has 0 fully saturated rings. The third-order valence-corrected chi connectivity index (χ3v) is 4.94. The molecule has 1 atom stereocenters. The summed E-state index contributed by atoms with van der Waals surface area (Å²) in [4.78, 5) is 28.4. The van der Waals surface area contributed by atoms with E-state index in [1.54, 1.807) is 0 Å². The van der Waals surface area contributed by atoms with Gasteiger partial charge in [0.25, 0.3) is 0 Å². The van der Waals surface area contributed by atoms with Gasteiger partial charge in [-0.25, -0.2) is 9.97 Å². The van der Waals surface area contributed by atoms with E-state index in [1.165, 1.54) is 6.33 Å². The second kappa shape index (κ2) is 7.37. The molecular weight excluding hydrogens is 380 g/mol. The summed E-state index contributed by atoms with van der Waals surface area (Å²) >= 11 is 0. The Morgan fingerprint density at radius 2 is 2.07 bits per heavy atom. The van der Waals surface area contributed by atoms with E-state index in [-0.39, 0.29) is 17.3 Å². The Morgan fingerprint density at radius 1 is 1.27 bits per heavy atom. The van der Waals surface area contributed by atoms with Crippen molar-refractivity contribution in [3.8, 4) is 11.3 Å². The first-order chi connectivity index (χ1) is 14.2. The Hall–Kier alpha value is -3.55. The first-order valence-corrected chi connectivity index (χ1v) is 9.70. The van der Waals surface area contributed by atoms with Gasteiger partial charge < -0.3 is 14.8 Å². The van der Waals surface area contributed by atoms with E-state index in [1.807, 2.05) is 52.8 Å². The zero-order chi connectivity index (χ0) is 21.5. The summed E-state index contributed by atoms with van der Waals surface area (Å²) in [5.41, 5.74) is 4.30. The van der Waals surface area contributed by atoms with Gasteiger partial charge in [-0.05, 0) is 37.1 Å². The molecule has 8 nitrogen and oxygen atoms in total. The van der Waals surface area contributed by atoms with Crippen LogP contribution in [-0.4, -0.2) is 31.0 Å². The predicted octanol–water partition coefficient (Wildman–Crippen LogP) is 3.91. The molecule has 4 aromatic rings. The van der Waals surface area contributed by atoms with Crippen molar-refractivity contribution in [1.82, 2.24) is 30.4 Å². The van der Waals surface area contributed by atoms with E-state index in [0.717, 1.165) is 33.4 Å². The summed E-state index contributed by atoms with van der Waals surface area (Å²) in [5, 5.41) is 7.75. The van der Waals surface area contributed by atoms with E-state index in [0.29, 0.717) is 5.82 Å². The van der Waals surface area contributed by atoms with Crippen molar-refractivity contribution < 1.29 is 9.32 Å². The number of aromatic amines is 1. The number of nitrogens with one attached hydrogen (secondary N) is 2. The van der Waals surface area contributed by atoms with Gasteiger partial charge in [-0.2, -0.15) is 4.98 Å². The maximum atomic E-state index is 12.6. The molecule has 30 heavy (non-hydrogen) atoms. The Balaban J connectivity index is 1.55. The number of hydrogen-bond donors (Lipinski definition) is 2. The molecule has 3 aromatic heterocycles. The van der Waals surface area contributed by atoms with Crippen LogP contribution in [0.2, 0.25) is 0 Å². The monoisotopic (exact) mass is 403 g/mol. The van der Waals surface area contributed by atoms with Gasteiger partial charge in [-0.3, -0.25) is 4.79 Å². The number of H-pyrrole nitrogens is 1. The van der Waals surface area contributed by atoms with Crippen LogP contribution in [-0.2, 0) is 5.41 Å². The first kappa shape index (κ1) is 19.8. The van der Waals surface area contributed by atoms with Crippen molar-refractivity contribution in [2.75, 3.05) is 0 Å². The quantitative estimate of drug-likeness (QED) is 0.535. The average molecular weight is 403 g/mol. The van der Waals surface area contributed by atoms with Crippen molar-refractivity contribution in [3.05, 3.63) is 59.6 Å². The minimum atomic E-state index is -0.394. The Labute approximate surface area is 174 Å². The standard InChI is InChI=1S/C22H23N6O2/c1-12-10-14(17-16-8-9-23-18(16)25-11-24-17)6-7-15(12)13(2)26-19(29)20-27-21(28-30-20)22(3,4)5/h6-8,10-11,13H,1-5H3,(H,26,29)(H,23,24,25)/t13-/m1/s1. The van der Waals surface area contributed by atoms with E-state index < -0.39 is 5.91 Å². The highest BCUT2D eigenvalue weighted by molar-refractivity contribution is 5.91. The predicted molar refractivity (Wildman–Crippen MR) is 112 cm³/mol. The number of benzene rings is 1. The molecule has 8 heteroatoms. The fraction of sp³-hybridized carbons (Fsp3) is 0.318. The van der Waals surface area contributed by atoms with Crippen LogP contribution >= 0.6 is 0 Å². The highest BCUT2D eigenvalue weighted by atomic mass is 16.5. The van der Waals surface area contributed by atoms with E-state index in [2.05, 4.69) is 42.7 Å². The van der Waals surface area contributed by atoms with Crippen molar-refractivity contribution in [3.63, 3.8) is 0 Å². The van der Waals surface area contributed by atoms with Crippen LogP contribution in [0.3, 0.4) is 0 Å². The fourth-order valence-corrected chi connectivity index (χ4v) is 3.30. The number of carbonyl (C=O) groups excluding carboxylic acids is 1. The molecule has 0 saturated heterocycles. The molecule has 3 heterocycles. The third kappa shape index (κ3) is 3.68. The van der Waals surface area contributed by atoms with Gasteiger partial charge in [-0.1, -0.05) is 38.1 Å². The zero-order valence-electron chi connectivity index (χ0n) is 17.6. The number of carbonyl (C=O) groups is 1. The van der Waals surface area contributed by atoms with Crippen LogP contribution < -0.4 is 5.32 Å². The van der Waals surface area contributed by atoms with Crippen LogP contribution in [0.25, 0.3) is 22.3 Å². The highest BCUT2D eigenvalue weighted by Crippen LogP contribution is 2.28. The van der Waals surface area contributed by atoms with Gasteiger partial charge in [0, 0.05) is 16.4 Å². The molecule has 0 bridgehead atoms. The Kier molecular flexibility index (Phi) is 4.85. The number of nitrogens with zero attached hydrogens (tertiary/aromatic N) is 4. The summed E-state index contributed by atoms with van der Waals surface area (Å²) in [5.74, 6) is 0.0708. The summed E-state index contributed by atoms with van der Waals surface area (Å²) in [6.07, 6.45) is 4.48. The maximum absolute atomic E-state index is 12.6. The van der Waals surface area contributed by atoms with Gasteiger partial charge >= 0.3 is 11.8 Å². The van der Waals surface area contributed by atoms with Gasteiger partial charge in [0.05, 0.1) is 17.9 Å². The number of fused-ring (bicyclic) bond motifs is 1. The third-order valence-electron chi connectivity index (χ3n) is 4.94. The van der Waals surface area contributed by atoms with Gasteiger partial charge in [0.2, 0.25) is 0 Å². The molecule has 1 aromatic carbocycles. The lowest BCUT2D eigenvalue weighted by Crippen LogP contribution is -2.27. The van der Waals surface area contributed by atoms with Gasteiger partial charge in [-0.15, -0.1) is 0 Å². The van der Waals surface area contributed by atoms with Crippen molar-refractivity contribution in [1.29, 1.82) is 0 Å². The number of hydrogen-bond acceptors (Lipinski definition) is 6. The molecule has 0 unspecified atom stereocenters. The van der Waals surface area contributed by atoms with Crippen molar-refractivity contribution in [2.24, 2.45) is 0 Å². The lowest BCUT2D eigenvalue weighted by atomic mass is 9.96. The number of aromatic nitrogens is 5. The smallest absolute Gasteiger partial charge is 0.315 e. The van der Waals surface area contributed by atoms with E-state index in [9.17, 15) is 4.79 Å². The first-order valence-electron chi connectivity index (χ1n) is 9.70. The van der Waals surface area contributed by atoms with Crippen LogP contribution in [0, 0.1) is 13.1 Å². The molecule has 0 spiro atoms. The lowest BCUT2D eigenvalue weighted by Gasteiger charge is -2.16. The minimum Gasteiger partial charge on any atom is -0.341 e. The second-order valence-corrected chi connectivity index (χ2v) is 8.34. The molecule has 0 aliphatic rings. The molecule has 0 saturated carbocycles. The normalized spacial score (nSPS) is 12.8. The van der Waals surface area contributed by atoms with E-state index in [4.69, 9.17) is 4.52 Å². The van der Waals surface area contributed by atoms with E-state index >= 15 is 0 Å².